The van der Waals surface area contributed by atoms with E-state index < -0.39 is 5.97 Å². The number of hydrogen-bond donors (Lipinski definition) is 1. The molecule has 0 aliphatic rings. The van der Waals surface area contributed by atoms with Crippen LogP contribution < -0.4 is 0 Å². The van der Waals surface area contributed by atoms with Gasteiger partial charge in [0.2, 0.25) is 0 Å². The molecule has 0 aromatic heterocycles. The quantitative estimate of drug-likeness (QED) is 0.817. The van der Waals surface area contributed by atoms with E-state index in [2.05, 4.69) is 38.1 Å². The molecule has 0 fully saturated rings. The Morgan fingerprint density at radius 1 is 1.22 bits per heavy atom. The van der Waals surface area contributed by atoms with Gasteiger partial charge in [0.15, 0.2) is 0 Å². The number of carboxylic acid groups (broad SMARTS) is 1. The van der Waals surface area contributed by atoms with Crippen LogP contribution in [0.2, 0.25) is 0 Å². The van der Waals surface area contributed by atoms with Gasteiger partial charge in [-0.05, 0) is 36.3 Å². The van der Waals surface area contributed by atoms with E-state index in [-0.39, 0.29) is 19.9 Å². The van der Waals surface area contributed by atoms with E-state index in [0.717, 1.165) is 25.2 Å². The second-order valence-corrected chi connectivity index (χ2v) is 4.78. The third-order valence-electron chi connectivity index (χ3n) is 3.16. The van der Waals surface area contributed by atoms with Crippen molar-refractivity contribution < 1.29 is 9.90 Å². The standard InChI is InChI=1S/C15H22O2.H2S/c1-3-12(2)11-14-9-7-13(8-10-14)5-4-6-15(16)17;/h7-10,12H,3-6,11H2,1-2H3,(H,16,17);1H2/t12-;/m1./s1. The lowest BCUT2D eigenvalue weighted by molar-refractivity contribution is -0.137. The van der Waals surface area contributed by atoms with Gasteiger partial charge in [-0.25, -0.2) is 0 Å². The summed E-state index contributed by atoms with van der Waals surface area (Å²) >= 11 is 0. The van der Waals surface area contributed by atoms with Crippen molar-refractivity contribution in [2.24, 2.45) is 5.92 Å². The molecular formula is C15H24O2S. The van der Waals surface area contributed by atoms with Crippen LogP contribution in [0.4, 0.5) is 0 Å². The summed E-state index contributed by atoms with van der Waals surface area (Å²) in [6.07, 6.45) is 4.18. The molecule has 0 saturated heterocycles. The lowest BCUT2D eigenvalue weighted by atomic mass is 9.97. The summed E-state index contributed by atoms with van der Waals surface area (Å²) in [6, 6.07) is 8.59. The molecule has 0 heterocycles. The van der Waals surface area contributed by atoms with Gasteiger partial charge in [-0.2, -0.15) is 13.5 Å². The molecule has 3 heteroatoms. The van der Waals surface area contributed by atoms with E-state index >= 15 is 0 Å². The zero-order valence-electron chi connectivity index (χ0n) is 11.3. The van der Waals surface area contributed by atoms with E-state index in [4.69, 9.17) is 5.11 Å². The van der Waals surface area contributed by atoms with Gasteiger partial charge in [-0.3, -0.25) is 4.79 Å². The first-order chi connectivity index (χ1) is 8.11. The van der Waals surface area contributed by atoms with Gasteiger partial charge in [0.25, 0.3) is 0 Å². The van der Waals surface area contributed by atoms with Gasteiger partial charge in [0.05, 0.1) is 0 Å². The van der Waals surface area contributed by atoms with Crippen LogP contribution in [-0.2, 0) is 17.6 Å². The van der Waals surface area contributed by atoms with Crippen LogP contribution in [0.1, 0.15) is 44.2 Å². The minimum absolute atomic E-state index is 0. The van der Waals surface area contributed by atoms with Crippen molar-refractivity contribution in [2.45, 2.75) is 46.0 Å². The van der Waals surface area contributed by atoms with Crippen molar-refractivity contribution in [1.82, 2.24) is 0 Å². The Morgan fingerprint density at radius 3 is 2.28 bits per heavy atom. The summed E-state index contributed by atoms with van der Waals surface area (Å²) in [7, 11) is 0. The van der Waals surface area contributed by atoms with Crippen LogP contribution in [0, 0.1) is 5.92 Å². The Hall–Kier alpha value is -0.960. The molecule has 0 amide bonds. The summed E-state index contributed by atoms with van der Waals surface area (Å²) in [4.78, 5) is 10.4. The fraction of sp³-hybridized carbons (Fsp3) is 0.533. The van der Waals surface area contributed by atoms with E-state index in [0.29, 0.717) is 0 Å². The smallest absolute Gasteiger partial charge is 0.303 e. The second kappa shape index (κ2) is 9.03. The van der Waals surface area contributed by atoms with Gasteiger partial charge in [0.1, 0.15) is 0 Å². The van der Waals surface area contributed by atoms with Gasteiger partial charge >= 0.3 is 5.97 Å². The van der Waals surface area contributed by atoms with Gasteiger partial charge in [-0.15, -0.1) is 0 Å². The number of benzene rings is 1. The van der Waals surface area contributed by atoms with Crippen molar-refractivity contribution in [3.63, 3.8) is 0 Å². The Morgan fingerprint density at radius 2 is 1.78 bits per heavy atom. The van der Waals surface area contributed by atoms with E-state index in [9.17, 15) is 4.79 Å². The van der Waals surface area contributed by atoms with Crippen LogP contribution in [0.15, 0.2) is 24.3 Å². The van der Waals surface area contributed by atoms with Crippen LogP contribution in [0.3, 0.4) is 0 Å². The Kier molecular flexibility index (Phi) is 8.55. The molecule has 1 aromatic carbocycles. The molecule has 0 saturated carbocycles. The van der Waals surface area contributed by atoms with Crippen molar-refractivity contribution in [3.8, 4) is 0 Å². The first-order valence-electron chi connectivity index (χ1n) is 6.41. The molecule has 2 nitrogen and oxygen atoms in total. The first-order valence-corrected chi connectivity index (χ1v) is 6.41. The average molecular weight is 268 g/mol. The van der Waals surface area contributed by atoms with Crippen LogP contribution in [0.5, 0.6) is 0 Å². The van der Waals surface area contributed by atoms with Gasteiger partial charge in [0, 0.05) is 6.42 Å². The summed E-state index contributed by atoms with van der Waals surface area (Å²) in [5.41, 5.74) is 2.61. The number of carbonyl (C=O) groups is 1. The van der Waals surface area contributed by atoms with Crippen molar-refractivity contribution in [1.29, 1.82) is 0 Å². The minimum Gasteiger partial charge on any atom is -0.481 e. The van der Waals surface area contributed by atoms with Crippen LogP contribution in [-0.4, -0.2) is 11.1 Å². The molecule has 0 aliphatic carbocycles. The highest BCUT2D eigenvalue weighted by Crippen LogP contribution is 2.13. The third kappa shape index (κ3) is 6.70. The number of carboxylic acids is 1. The predicted octanol–water partition coefficient (Wildman–Crippen LogP) is 3.80. The van der Waals surface area contributed by atoms with Crippen molar-refractivity contribution in [2.75, 3.05) is 0 Å². The number of aliphatic carboxylic acids is 1. The fourth-order valence-electron chi connectivity index (χ4n) is 1.83. The molecule has 1 atom stereocenters. The molecule has 102 valence electrons. The molecule has 1 rings (SSSR count). The predicted molar refractivity (Wildman–Crippen MR) is 80.6 cm³/mol. The topological polar surface area (TPSA) is 37.3 Å². The Balaban J connectivity index is 0.00000289. The van der Waals surface area contributed by atoms with E-state index in [1.54, 1.807) is 0 Å². The number of rotatable bonds is 7. The molecule has 0 unspecified atom stereocenters. The molecule has 18 heavy (non-hydrogen) atoms. The first kappa shape index (κ1) is 17.0. The highest BCUT2D eigenvalue weighted by molar-refractivity contribution is 7.59. The molecular weight excluding hydrogens is 244 g/mol. The molecule has 1 N–H and O–H groups in total. The fourth-order valence-corrected chi connectivity index (χ4v) is 1.83. The molecule has 0 radical (unpaired) electrons. The monoisotopic (exact) mass is 268 g/mol. The van der Waals surface area contributed by atoms with Gasteiger partial charge in [-0.1, -0.05) is 44.5 Å². The Bertz CT molecular complexity index is 346. The van der Waals surface area contributed by atoms with Gasteiger partial charge < -0.3 is 5.11 Å². The summed E-state index contributed by atoms with van der Waals surface area (Å²) in [6.45, 7) is 4.48. The summed E-state index contributed by atoms with van der Waals surface area (Å²) in [5, 5.41) is 8.56. The second-order valence-electron chi connectivity index (χ2n) is 4.78. The number of aryl methyl sites for hydroxylation is 1. The van der Waals surface area contributed by atoms with E-state index in [1.807, 2.05) is 0 Å². The van der Waals surface area contributed by atoms with Crippen LogP contribution >= 0.6 is 13.5 Å². The molecule has 0 aliphatic heterocycles. The number of hydrogen-bond acceptors (Lipinski definition) is 1. The maximum atomic E-state index is 10.4. The highest BCUT2D eigenvalue weighted by Gasteiger charge is 2.02. The SMILES string of the molecule is CC[C@@H](C)Cc1ccc(CCCC(=O)O)cc1.S. The van der Waals surface area contributed by atoms with Crippen molar-refractivity contribution in [3.05, 3.63) is 35.4 Å². The lowest BCUT2D eigenvalue weighted by Crippen LogP contribution is -1.98. The molecule has 0 bridgehead atoms. The summed E-state index contributed by atoms with van der Waals surface area (Å²) < 4.78 is 0. The molecule has 1 aromatic rings. The average Bonchev–Trinajstić information content (AvgIpc) is 2.31. The van der Waals surface area contributed by atoms with Crippen LogP contribution in [0.25, 0.3) is 0 Å². The maximum absolute atomic E-state index is 10.4. The molecule has 0 spiro atoms. The Labute approximate surface area is 117 Å². The minimum atomic E-state index is -0.710. The zero-order chi connectivity index (χ0) is 12.7. The highest BCUT2D eigenvalue weighted by atomic mass is 32.1. The lowest BCUT2D eigenvalue weighted by Gasteiger charge is -2.08. The normalized spacial score (nSPS) is 11.7. The van der Waals surface area contributed by atoms with E-state index in [1.165, 1.54) is 17.5 Å². The third-order valence-corrected chi connectivity index (χ3v) is 3.16. The largest absolute Gasteiger partial charge is 0.481 e. The van der Waals surface area contributed by atoms with Crippen molar-refractivity contribution >= 4 is 19.5 Å². The maximum Gasteiger partial charge on any atom is 0.303 e. The summed E-state index contributed by atoms with van der Waals surface area (Å²) in [5.74, 6) is 0.0197. The zero-order valence-corrected chi connectivity index (χ0v) is 12.3.